The Bertz CT molecular complexity index is 518. The van der Waals surface area contributed by atoms with Crippen molar-refractivity contribution >= 4 is 45.6 Å². The van der Waals surface area contributed by atoms with Crippen molar-refractivity contribution in [2.24, 2.45) is 10.7 Å². The number of fused-ring (bicyclic) bond motifs is 1. The molecule has 0 saturated carbocycles. The van der Waals surface area contributed by atoms with Gasteiger partial charge in [-0.1, -0.05) is 17.7 Å². The number of H-pyrrole nitrogens is 1. The van der Waals surface area contributed by atoms with Gasteiger partial charge in [0.1, 0.15) is 11.0 Å². The molecule has 0 unspecified atom stereocenters. The molecule has 0 fully saturated rings. The van der Waals surface area contributed by atoms with Crippen LogP contribution < -0.4 is 5.73 Å². The Morgan fingerprint density at radius 2 is 2.33 bits per heavy atom. The molecular formula is C9H8Cl2N4. The number of benzene rings is 1. The first-order valence-electron chi connectivity index (χ1n) is 4.24. The van der Waals surface area contributed by atoms with Crippen LogP contribution in [-0.4, -0.2) is 21.9 Å². The largest absolute Gasteiger partial charge is 0.386 e. The van der Waals surface area contributed by atoms with Crippen LogP contribution in [0.2, 0.25) is 5.15 Å². The molecule has 4 nitrogen and oxygen atoms in total. The Morgan fingerprint density at radius 1 is 1.53 bits per heavy atom. The lowest BCUT2D eigenvalue weighted by molar-refractivity contribution is 1.12. The fourth-order valence-electron chi connectivity index (χ4n) is 1.29. The molecule has 2 rings (SSSR count). The Labute approximate surface area is 96.1 Å². The number of nitrogens with two attached hydrogens (primary N) is 1. The maximum Gasteiger partial charge on any atom is 0.134 e. The first-order valence-corrected chi connectivity index (χ1v) is 5.15. The van der Waals surface area contributed by atoms with Gasteiger partial charge in [0.2, 0.25) is 0 Å². The number of aromatic amines is 1. The minimum absolute atomic E-state index is 0.186. The average Bonchev–Trinajstić information content (AvgIpc) is 2.61. The molecule has 2 aromatic rings. The fourth-order valence-corrected chi connectivity index (χ4v) is 1.58. The smallest absolute Gasteiger partial charge is 0.134 e. The highest BCUT2D eigenvalue weighted by Gasteiger charge is 2.07. The van der Waals surface area contributed by atoms with E-state index in [0.717, 1.165) is 10.9 Å². The Hall–Kier alpha value is -1.26. The van der Waals surface area contributed by atoms with Crippen molar-refractivity contribution in [3.63, 3.8) is 0 Å². The van der Waals surface area contributed by atoms with E-state index < -0.39 is 0 Å². The highest BCUT2D eigenvalue weighted by molar-refractivity contribution is 6.35. The minimum Gasteiger partial charge on any atom is -0.386 e. The topological polar surface area (TPSA) is 67.1 Å². The molecule has 1 aromatic heterocycles. The van der Waals surface area contributed by atoms with Gasteiger partial charge in [-0.3, -0.25) is 5.10 Å². The van der Waals surface area contributed by atoms with E-state index in [4.69, 9.17) is 28.9 Å². The highest BCUT2D eigenvalue weighted by Crippen LogP contribution is 2.30. The van der Waals surface area contributed by atoms with Crippen LogP contribution in [0.4, 0.5) is 5.69 Å². The number of rotatable bonds is 2. The van der Waals surface area contributed by atoms with Gasteiger partial charge in [-0.15, -0.1) is 11.6 Å². The van der Waals surface area contributed by atoms with Crippen molar-refractivity contribution in [2.75, 3.05) is 5.88 Å². The molecular weight excluding hydrogens is 235 g/mol. The monoisotopic (exact) mass is 242 g/mol. The van der Waals surface area contributed by atoms with Crippen molar-refractivity contribution in [2.45, 2.75) is 0 Å². The van der Waals surface area contributed by atoms with E-state index in [9.17, 15) is 0 Å². The molecule has 0 spiro atoms. The molecule has 0 aliphatic heterocycles. The van der Waals surface area contributed by atoms with Gasteiger partial charge in [0.25, 0.3) is 0 Å². The normalized spacial score (nSPS) is 12.3. The molecule has 0 aliphatic carbocycles. The SMILES string of the molecule is NC(CCl)=Nc1cccc2n[nH]c(Cl)c12. The van der Waals surface area contributed by atoms with Gasteiger partial charge >= 0.3 is 0 Å². The van der Waals surface area contributed by atoms with E-state index in [1.165, 1.54) is 0 Å². The van der Waals surface area contributed by atoms with Gasteiger partial charge in [0, 0.05) is 0 Å². The van der Waals surface area contributed by atoms with E-state index in [1.54, 1.807) is 0 Å². The van der Waals surface area contributed by atoms with Crippen molar-refractivity contribution < 1.29 is 0 Å². The number of hydrogen-bond acceptors (Lipinski definition) is 2. The van der Waals surface area contributed by atoms with Crippen LogP contribution in [0.5, 0.6) is 0 Å². The zero-order valence-electron chi connectivity index (χ0n) is 7.67. The minimum atomic E-state index is 0.186. The molecule has 1 aromatic carbocycles. The van der Waals surface area contributed by atoms with Gasteiger partial charge < -0.3 is 5.73 Å². The lowest BCUT2D eigenvalue weighted by atomic mass is 10.2. The third-order valence-corrected chi connectivity index (χ3v) is 2.46. The van der Waals surface area contributed by atoms with E-state index in [2.05, 4.69) is 15.2 Å². The van der Waals surface area contributed by atoms with Crippen molar-refractivity contribution in [3.05, 3.63) is 23.4 Å². The van der Waals surface area contributed by atoms with Crippen molar-refractivity contribution in [3.8, 4) is 0 Å². The van der Waals surface area contributed by atoms with Gasteiger partial charge in [0.15, 0.2) is 0 Å². The Morgan fingerprint density at radius 3 is 3.07 bits per heavy atom. The summed E-state index contributed by atoms with van der Waals surface area (Å²) in [6, 6.07) is 5.48. The lowest BCUT2D eigenvalue weighted by Gasteiger charge is -1.98. The van der Waals surface area contributed by atoms with Crippen LogP contribution in [0, 0.1) is 0 Å². The fraction of sp³-hybridized carbons (Fsp3) is 0.111. The first kappa shape index (κ1) is 10.3. The maximum absolute atomic E-state index is 5.94. The summed E-state index contributed by atoms with van der Waals surface area (Å²) in [6.07, 6.45) is 0. The predicted octanol–water partition coefficient (Wildman–Crippen LogP) is 2.44. The molecule has 0 amide bonds. The zero-order chi connectivity index (χ0) is 10.8. The van der Waals surface area contributed by atoms with Gasteiger partial charge in [0.05, 0.1) is 22.5 Å². The first-order chi connectivity index (χ1) is 7.22. The quantitative estimate of drug-likeness (QED) is 0.483. The second-order valence-electron chi connectivity index (χ2n) is 2.95. The molecule has 15 heavy (non-hydrogen) atoms. The molecule has 0 aliphatic rings. The van der Waals surface area contributed by atoms with Crippen LogP contribution in [0.3, 0.4) is 0 Å². The molecule has 3 N–H and O–H groups in total. The summed E-state index contributed by atoms with van der Waals surface area (Å²) in [5, 5.41) is 7.90. The zero-order valence-corrected chi connectivity index (χ0v) is 9.18. The Balaban J connectivity index is 2.65. The summed E-state index contributed by atoms with van der Waals surface area (Å²) >= 11 is 11.5. The van der Waals surface area contributed by atoms with Crippen molar-refractivity contribution in [1.29, 1.82) is 0 Å². The molecule has 0 saturated heterocycles. The summed E-state index contributed by atoms with van der Waals surface area (Å²) in [6.45, 7) is 0. The number of nitrogens with zero attached hydrogens (tertiary/aromatic N) is 2. The molecule has 0 radical (unpaired) electrons. The van der Waals surface area contributed by atoms with E-state index >= 15 is 0 Å². The second-order valence-corrected chi connectivity index (χ2v) is 3.59. The number of halogens is 2. The summed E-state index contributed by atoms with van der Waals surface area (Å²) in [4.78, 5) is 4.16. The average molecular weight is 243 g/mol. The summed E-state index contributed by atoms with van der Waals surface area (Å²) in [5.41, 5.74) is 6.98. The van der Waals surface area contributed by atoms with Crippen LogP contribution in [0.1, 0.15) is 0 Å². The van der Waals surface area contributed by atoms with Crippen LogP contribution >= 0.6 is 23.2 Å². The summed E-state index contributed by atoms with van der Waals surface area (Å²) in [7, 11) is 0. The van der Waals surface area contributed by atoms with E-state index in [1.807, 2.05) is 18.2 Å². The van der Waals surface area contributed by atoms with Gasteiger partial charge in [-0.25, -0.2) is 4.99 Å². The molecule has 0 atom stereocenters. The number of nitrogens with one attached hydrogen (secondary N) is 1. The van der Waals surface area contributed by atoms with Crippen LogP contribution in [0.15, 0.2) is 23.2 Å². The number of amidine groups is 1. The number of aliphatic imine (C=N–C) groups is 1. The van der Waals surface area contributed by atoms with Gasteiger partial charge in [-0.2, -0.15) is 5.10 Å². The van der Waals surface area contributed by atoms with Crippen LogP contribution in [-0.2, 0) is 0 Å². The van der Waals surface area contributed by atoms with Crippen LogP contribution in [0.25, 0.3) is 10.9 Å². The second kappa shape index (κ2) is 4.08. The molecule has 78 valence electrons. The summed E-state index contributed by atoms with van der Waals surface area (Å²) < 4.78 is 0. The summed E-state index contributed by atoms with van der Waals surface area (Å²) in [5.74, 6) is 0.535. The number of hydrogen-bond donors (Lipinski definition) is 2. The van der Waals surface area contributed by atoms with E-state index in [-0.39, 0.29) is 5.88 Å². The van der Waals surface area contributed by atoms with E-state index in [0.29, 0.717) is 16.7 Å². The molecule has 0 bridgehead atoms. The molecule has 1 heterocycles. The standard InChI is InChI=1S/C9H8Cl2N4/c10-4-7(12)13-5-2-1-3-6-8(5)9(11)15-14-6/h1-3H,4H2,(H2,12,13)(H,14,15). The number of alkyl halides is 1. The number of aromatic nitrogens is 2. The highest BCUT2D eigenvalue weighted by atomic mass is 35.5. The molecule has 6 heteroatoms. The van der Waals surface area contributed by atoms with Gasteiger partial charge in [-0.05, 0) is 12.1 Å². The van der Waals surface area contributed by atoms with Crippen molar-refractivity contribution in [1.82, 2.24) is 10.2 Å². The predicted molar refractivity (Wildman–Crippen MR) is 63.1 cm³/mol. The lowest BCUT2D eigenvalue weighted by Crippen LogP contribution is -2.12. The maximum atomic E-state index is 5.94. The Kier molecular flexibility index (Phi) is 2.79. The third kappa shape index (κ3) is 1.91. The third-order valence-electron chi connectivity index (χ3n) is 1.92.